The molecule has 3 aliphatic rings. The maximum atomic E-state index is 13.2. The summed E-state index contributed by atoms with van der Waals surface area (Å²) in [6.45, 7) is 0. The van der Waals surface area contributed by atoms with Gasteiger partial charge in [0, 0.05) is 24.3 Å². The van der Waals surface area contributed by atoms with Gasteiger partial charge < -0.3 is 16.4 Å². The number of hydrogen-bond acceptors (Lipinski definition) is 6. The minimum absolute atomic E-state index is 0.0620. The Kier molecular flexibility index (Phi) is 5.48. The Morgan fingerprint density at radius 1 is 1.10 bits per heavy atom. The third-order valence-corrected chi connectivity index (χ3v) is 6.65. The molecule has 4 N–H and O–H groups in total. The van der Waals surface area contributed by atoms with Crippen LogP contribution in [0.15, 0.2) is 34.3 Å². The Hall–Kier alpha value is -2.57. The third kappa shape index (κ3) is 3.82. The molecule has 1 aromatic carbocycles. The van der Waals surface area contributed by atoms with E-state index < -0.39 is 5.66 Å². The van der Waals surface area contributed by atoms with Crippen molar-refractivity contribution in [3.63, 3.8) is 0 Å². The van der Waals surface area contributed by atoms with Crippen LogP contribution in [0, 0.1) is 0 Å². The lowest BCUT2D eigenvalue weighted by Gasteiger charge is -2.45. The van der Waals surface area contributed by atoms with Gasteiger partial charge in [0.15, 0.2) is 0 Å². The van der Waals surface area contributed by atoms with Gasteiger partial charge in [-0.3, -0.25) is 9.69 Å². The van der Waals surface area contributed by atoms with E-state index >= 15 is 0 Å². The lowest BCUT2D eigenvalue weighted by molar-refractivity contribution is 0.0696. The second-order valence-corrected chi connectivity index (χ2v) is 8.58. The molecule has 1 spiro atoms. The Morgan fingerprint density at radius 2 is 1.79 bits per heavy atom. The summed E-state index contributed by atoms with van der Waals surface area (Å²) in [5.74, 6) is 0.654. The molecule has 1 aliphatic heterocycles. The van der Waals surface area contributed by atoms with Gasteiger partial charge in [0.05, 0.1) is 0 Å². The van der Waals surface area contributed by atoms with Crippen molar-refractivity contribution in [1.29, 1.82) is 0 Å². The standard InChI is InChI=1S/C22H32N6O/c1-27(17-10-4-2-5-11-17)19(29)16-9-8-12-18(15-16)28-21(24)25-20(23)26-22(28)13-6-3-7-14-22/h8-9,12,15,17H,2-7,10-11,13-14H2,1H3,(H4,23,24,25,26). The molecule has 7 heteroatoms. The fourth-order valence-corrected chi connectivity index (χ4v) is 5.11. The normalized spacial score (nSPS) is 22.2. The highest BCUT2D eigenvalue weighted by Gasteiger charge is 2.42. The zero-order chi connectivity index (χ0) is 20.4. The minimum Gasteiger partial charge on any atom is -0.369 e. The Labute approximate surface area is 172 Å². The second-order valence-electron chi connectivity index (χ2n) is 8.58. The van der Waals surface area contributed by atoms with Crippen molar-refractivity contribution >= 4 is 23.5 Å². The summed E-state index contributed by atoms with van der Waals surface area (Å²) >= 11 is 0. The number of carbonyl (C=O) groups is 1. The van der Waals surface area contributed by atoms with Gasteiger partial charge in [-0.05, 0) is 56.7 Å². The highest BCUT2D eigenvalue weighted by Crippen LogP contribution is 2.39. The van der Waals surface area contributed by atoms with E-state index in [4.69, 9.17) is 16.5 Å². The Balaban J connectivity index is 1.63. The van der Waals surface area contributed by atoms with E-state index in [2.05, 4.69) is 4.99 Å². The molecule has 2 fully saturated rings. The van der Waals surface area contributed by atoms with Gasteiger partial charge in [-0.25, -0.2) is 4.99 Å². The summed E-state index contributed by atoms with van der Waals surface area (Å²) in [6, 6.07) is 8.04. The first-order valence-corrected chi connectivity index (χ1v) is 10.9. The zero-order valence-corrected chi connectivity index (χ0v) is 17.3. The second kappa shape index (κ2) is 8.05. The molecule has 0 aromatic heterocycles. The molecular formula is C22H32N6O. The van der Waals surface area contributed by atoms with Crippen LogP contribution >= 0.6 is 0 Å². The molecule has 2 aliphatic carbocycles. The molecule has 7 nitrogen and oxygen atoms in total. The molecule has 2 saturated carbocycles. The van der Waals surface area contributed by atoms with Crippen molar-refractivity contribution in [1.82, 2.24) is 4.90 Å². The van der Waals surface area contributed by atoms with E-state index in [-0.39, 0.29) is 11.9 Å². The number of hydrogen-bond donors (Lipinski definition) is 2. The fourth-order valence-electron chi connectivity index (χ4n) is 5.11. The van der Waals surface area contributed by atoms with Crippen molar-refractivity contribution in [3.05, 3.63) is 29.8 Å². The van der Waals surface area contributed by atoms with Crippen molar-refractivity contribution < 1.29 is 4.79 Å². The number of aliphatic imine (C=N–C) groups is 2. The number of rotatable bonds is 3. The van der Waals surface area contributed by atoms with E-state index in [0.29, 0.717) is 17.6 Å². The molecule has 0 radical (unpaired) electrons. The van der Waals surface area contributed by atoms with E-state index in [0.717, 1.165) is 44.2 Å². The molecule has 4 rings (SSSR count). The SMILES string of the molecule is CN(C(=O)c1cccc(N2C(N)=NC(N)=NC23CCCCC3)c1)C1CCCCC1. The molecular weight excluding hydrogens is 364 g/mol. The summed E-state index contributed by atoms with van der Waals surface area (Å²) in [5.41, 5.74) is 13.3. The average molecular weight is 397 g/mol. The summed E-state index contributed by atoms with van der Waals surface area (Å²) in [7, 11) is 1.93. The quantitative estimate of drug-likeness (QED) is 0.819. The van der Waals surface area contributed by atoms with Gasteiger partial charge in [0.25, 0.3) is 5.91 Å². The monoisotopic (exact) mass is 396 g/mol. The van der Waals surface area contributed by atoms with Crippen LogP contribution in [0.1, 0.15) is 74.6 Å². The highest BCUT2D eigenvalue weighted by atomic mass is 16.2. The van der Waals surface area contributed by atoms with Crippen LogP contribution in [0.3, 0.4) is 0 Å². The van der Waals surface area contributed by atoms with Crippen molar-refractivity contribution in [2.45, 2.75) is 75.9 Å². The first-order chi connectivity index (χ1) is 14.0. The molecule has 0 saturated heterocycles. The van der Waals surface area contributed by atoms with Crippen LogP contribution in [0.2, 0.25) is 0 Å². The van der Waals surface area contributed by atoms with E-state index in [9.17, 15) is 4.79 Å². The number of amides is 1. The van der Waals surface area contributed by atoms with Crippen LogP contribution in [0.4, 0.5) is 5.69 Å². The molecule has 0 unspecified atom stereocenters. The number of nitrogens with zero attached hydrogens (tertiary/aromatic N) is 4. The maximum absolute atomic E-state index is 13.2. The van der Waals surface area contributed by atoms with Gasteiger partial charge in [-0.15, -0.1) is 0 Å². The van der Waals surface area contributed by atoms with Crippen LogP contribution in [0.5, 0.6) is 0 Å². The van der Waals surface area contributed by atoms with Crippen molar-refractivity contribution in [3.8, 4) is 0 Å². The van der Waals surface area contributed by atoms with Crippen LogP contribution in [-0.4, -0.2) is 41.5 Å². The fraction of sp³-hybridized carbons (Fsp3) is 0.591. The van der Waals surface area contributed by atoms with Gasteiger partial charge in [0.2, 0.25) is 11.9 Å². The molecule has 156 valence electrons. The number of carbonyl (C=O) groups excluding carboxylic acids is 1. The number of nitrogens with two attached hydrogens (primary N) is 2. The van der Waals surface area contributed by atoms with Crippen molar-refractivity contribution in [2.75, 3.05) is 11.9 Å². The van der Waals surface area contributed by atoms with E-state index in [1.54, 1.807) is 0 Å². The highest BCUT2D eigenvalue weighted by molar-refractivity contribution is 6.06. The largest absolute Gasteiger partial charge is 0.369 e. The van der Waals surface area contributed by atoms with Gasteiger partial charge in [-0.1, -0.05) is 31.7 Å². The predicted octanol–water partition coefficient (Wildman–Crippen LogP) is 3.20. The lowest BCUT2D eigenvalue weighted by Crippen LogP contribution is -2.58. The number of benzene rings is 1. The number of anilines is 1. The topological polar surface area (TPSA) is 100 Å². The summed E-state index contributed by atoms with van der Waals surface area (Å²) in [5, 5.41) is 0. The summed E-state index contributed by atoms with van der Waals surface area (Å²) in [4.78, 5) is 26.0. The van der Waals surface area contributed by atoms with Gasteiger partial charge in [0.1, 0.15) is 5.66 Å². The molecule has 1 heterocycles. The van der Waals surface area contributed by atoms with Gasteiger partial charge in [-0.2, -0.15) is 4.99 Å². The molecule has 0 bridgehead atoms. The molecule has 29 heavy (non-hydrogen) atoms. The third-order valence-electron chi connectivity index (χ3n) is 6.65. The maximum Gasteiger partial charge on any atom is 0.253 e. The predicted molar refractivity (Wildman–Crippen MR) is 117 cm³/mol. The Morgan fingerprint density at radius 3 is 2.52 bits per heavy atom. The first-order valence-electron chi connectivity index (χ1n) is 10.9. The minimum atomic E-state index is -0.495. The Bertz CT molecular complexity index is 820. The van der Waals surface area contributed by atoms with Crippen LogP contribution in [-0.2, 0) is 0 Å². The smallest absolute Gasteiger partial charge is 0.253 e. The van der Waals surface area contributed by atoms with E-state index in [1.807, 2.05) is 41.1 Å². The zero-order valence-electron chi connectivity index (χ0n) is 17.3. The first kappa shape index (κ1) is 19.7. The average Bonchev–Trinajstić information content (AvgIpc) is 2.73. The van der Waals surface area contributed by atoms with Crippen LogP contribution < -0.4 is 16.4 Å². The van der Waals surface area contributed by atoms with Crippen molar-refractivity contribution in [2.24, 2.45) is 21.5 Å². The number of guanidine groups is 2. The summed E-state index contributed by atoms with van der Waals surface area (Å²) in [6.07, 6.45) is 10.9. The lowest BCUT2D eigenvalue weighted by atomic mass is 9.87. The van der Waals surface area contributed by atoms with E-state index in [1.165, 1.54) is 25.7 Å². The molecule has 0 atom stereocenters. The molecule has 1 aromatic rings. The molecule has 1 amide bonds. The van der Waals surface area contributed by atoms with Gasteiger partial charge >= 0.3 is 0 Å². The summed E-state index contributed by atoms with van der Waals surface area (Å²) < 4.78 is 0. The van der Waals surface area contributed by atoms with Crippen LogP contribution in [0.25, 0.3) is 0 Å².